The van der Waals surface area contributed by atoms with Crippen molar-refractivity contribution in [1.29, 1.82) is 0 Å². The molecule has 1 heterocycles. The second kappa shape index (κ2) is 4.31. The molecule has 18 heavy (non-hydrogen) atoms. The van der Waals surface area contributed by atoms with Crippen LogP contribution in [0.3, 0.4) is 0 Å². The Balaban J connectivity index is 2.10. The smallest absolute Gasteiger partial charge is 0.134 e. The van der Waals surface area contributed by atoms with E-state index in [9.17, 15) is 0 Å². The zero-order valence-corrected chi connectivity index (χ0v) is 10.2. The predicted octanol–water partition coefficient (Wildman–Crippen LogP) is 3.90. The molecule has 90 valence electrons. The molecule has 0 spiro atoms. The van der Waals surface area contributed by atoms with Crippen LogP contribution in [0.1, 0.15) is 11.3 Å². The van der Waals surface area contributed by atoms with Gasteiger partial charge < -0.3 is 9.52 Å². The molecule has 3 rings (SSSR count). The highest BCUT2D eigenvalue weighted by Crippen LogP contribution is 2.26. The van der Waals surface area contributed by atoms with Crippen LogP contribution >= 0.6 is 0 Å². The Morgan fingerprint density at radius 3 is 2.50 bits per heavy atom. The third-order valence-electron chi connectivity index (χ3n) is 3.10. The number of hydrogen-bond donors (Lipinski definition) is 1. The summed E-state index contributed by atoms with van der Waals surface area (Å²) >= 11 is 0. The summed E-state index contributed by atoms with van der Waals surface area (Å²) in [6.07, 6.45) is 0. The number of benzene rings is 2. The van der Waals surface area contributed by atoms with E-state index in [1.807, 2.05) is 12.1 Å². The number of furan rings is 1. The quantitative estimate of drug-likeness (QED) is 0.734. The van der Waals surface area contributed by atoms with Gasteiger partial charge in [0.15, 0.2) is 0 Å². The largest absolute Gasteiger partial charge is 0.459 e. The van der Waals surface area contributed by atoms with Crippen LogP contribution in [0.2, 0.25) is 0 Å². The van der Waals surface area contributed by atoms with Gasteiger partial charge in [0.05, 0.1) is 0 Å². The summed E-state index contributed by atoms with van der Waals surface area (Å²) in [5.41, 5.74) is 2.29. The summed E-state index contributed by atoms with van der Waals surface area (Å²) < 4.78 is 5.54. The molecule has 1 N–H and O–H groups in total. The van der Waals surface area contributed by atoms with Crippen LogP contribution in [0.25, 0.3) is 22.1 Å². The van der Waals surface area contributed by atoms with Crippen LogP contribution in [-0.2, 0) is 6.61 Å². The molecular formula is C16H14O2. The van der Waals surface area contributed by atoms with Crippen LogP contribution in [0.4, 0.5) is 0 Å². The van der Waals surface area contributed by atoms with E-state index in [-0.39, 0.29) is 6.61 Å². The van der Waals surface area contributed by atoms with Crippen LogP contribution in [0.15, 0.2) is 52.9 Å². The fourth-order valence-corrected chi connectivity index (χ4v) is 2.14. The average molecular weight is 238 g/mol. The molecule has 0 saturated carbocycles. The fraction of sp³-hybridized carbons (Fsp3) is 0.125. The van der Waals surface area contributed by atoms with Crippen molar-refractivity contribution in [2.24, 2.45) is 0 Å². The van der Waals surface area contributed by atoms with Gasteiger partial charge in [-0.2, -0.15) is 0 Å². The maximum Gasteiger partial charge on any atom is 0.134 e. The molecule has 0 aliphatic carbocycles. The van der Waals surface area contributed by atoms with E-state index in [4.69, 9.17) is 9.52 Å². The van der Waals surface area contributed by atoms with Crippen LogP contribution in [0, 0.1) is 6.92 Å². The zero-order chi connectivity index (χ0) is 12.5. The van der Waals surface area contributed by atoms with E-state index < -0.39 is 0 Å². The third kappa shape index (κ3) is 1.91. The van der Waals surface area contributed by atoms with Crippen LogP contribution in [-0.4, -0.2) is 5.11 Å². The van der Waals surface area contributed by atoms with E-state index >= 15 is 0 Å². The molecule has 0 aliphatic heterocycles. The molecule has 3 aromatic rings. The third-order valence-corrected chi connectivity index (χ3v) is 3.10. The normalized spacial score (nSPS) is 11.0. The first-order valence-electron chi connectivity index (χ1n) is 5.96. The SMILES string of the molecule is Cc1ccc2cc(-c3ccc(CO)o3)ccc2c1. The summed E-state index contributed by atoms with van der Waals surface area (Å²) in [6, 6.07) is 16.3. The molecule has 0 saturated heterocycles. The van der Waals surface area contributed by atoms with Crippen molar-refractivity contribution in [2.75, 3.05) is 0 Å². The molecule has 0 radical (unpaired) electrons. The number of aliphatic hydroxyl groups is 1. The lowest BCUT2D eigenvalue weighted by atomic mass is 10.0. The van der Waals surface area contributed by atoms with Gasteiger partial charge in [-0.3, -0.25) is 0 Å². The van der Waals surface area contributed by atoms with Crippen molar-refractivity contribution >= 4 is 10.8 Å². The van der Waals surface area contributed by atoms with Crippen LogP contribution in [0.5, 0.6) is 0 Å². The van der Waals surface area contributed by atoms with Crippen molar-refractivity contribution in [3.05, 3.63) is 59.9 Å². The van der Waals surface area contributed by atoms with Gasteiger partial charge in [0, 0.05) is 5.56 Å². The van der Waals surface area contributed by atoms with Crippen molar-refractivity contribution in [3.8, 4) is 11.3 Å². The summed E-state index contributed by atoms with van der Waals surface area (Å²) in [5.74, 6) is 1.38. The average Bonchev–Trinajstić information content (AvgIpc) is 2.87. The molecule has 0 bridgehead atoms. The van der Waals surface area contributed by atoms with Gasteiger partial charge in [0.2, 0.25) is 0 Å². The summed E-state index contributed by atoms with van der Waals surface area (Å²) in [4.78, 5) is 0. The Morgan fingerprint density at radius 1 is 0.944 bits per heavy atom. The van der Waals surface area contributed by atoms with Crippen molar-refractivity contribution in [3.63, 3.8) is 0 Å². The Labute approximate surface area is 105 Å². The van der Waals surface area contributed by atoms with Gasteiger partial charge in [0.25, 0.3) is 0 Å². The number of hydrogen-bond acceptors (Lipinski definition) is 2. The zero-order valence-electron chi connectivity index (χ0n) is 10.2. The molecule has 0 unspecified atom stereocenters. The lowest BCUT2D eigenvalue weighted by molar-refractivity contribution is 0.248. The van der Waals surface area contributed by atoms with Crippen molar-refractivity contribution < 1.29 is 9.52 Å². The lowest BCUT2D eigenvalue weighted by Crippen LogP contribution is -1.79. The summed E-state index contributed by atoms with van der Waals surface area (Å²) in [6.45, 7) is 2.03. The minimum absolute atomic E-state index is 0.0627. The van der Waals surface area contributed by atoms with Gasteiger partial charge in [-0.1, -0.05) is 35.9 Å². The lowest BCUT2D eigenvalue weighted by Gasteiger charge is -2.02. The Morgan fingerprint density at radius 2 is 1.72 bits per heavy atom. The Hall–Kier alpha value is -2.06. The van der Waals surface area contributed by atoms with Gasteiger partial charge in [-0.15, -0.1) is 0 Å². The van der Waals surface area contributed by atoms with E-state index in [1.165, 1.54) is 16.3 Å². The standard InChI is InChI=1S/C16H14O2/c1-11-2-3-13-9-14(5-4-12(13)8-11)16-7-6-15(10-17)18-16/h2-9,17H,10H2,1H3. The van der Waals surface area contributed by atoms with E-state index in [0.29, 0.717) is 5.76 Å². The number of aryl methyl sites for hydroxylation is 1. The fourth-order valence-electron chi connectivity index (χ4n) is 2.14. The summed E-state index contributed by atoms with van der Waals surface area (Å²) in [5, 5.41) is 11.4. The minimum Gasteiger partial charge on any atom is -0.459 e. The topological polar surface area (TPSA) is 33.4 Å². The highest BCUT2D eigenvalue weighted by Gasteiger charge is 2.05. The number of aliphatic hydroxyl groups excluding tert-OH is 1. The summed E-state index contributed by atoms with van der Waals surface area (Å²) in [7, 11) is 0. The van der Waals surface area contributed by atoms with E-state index in [1.54, 1.807) is 6.07 Å². The van der Waals surface area contributed by atoms with Gasteiger partial charge in [-0.05, 0) is 35.9 Å². The van der Waals surface area contributed by atoms with Crippen molar-refractivity contribution in [1.82, 2.24) is 0 Å². The molecule has 0 aliphatic rings. The van der Waals surface area contributed by atoms with Crippen LogP contribution < -0.4 is 0 Å². The maximum atomic E-state index is 9.01. The second-order valence-corrected chi connectivity index (χ2v) is 4.49. The second-order valence-electron chi connectivity index (χ2n) is 4.49. The molecule has 2 heteroatoms. The first-order valence-corrected chi connectivity index (χ1v) is 5.96. The predicted molar refractivity (Wildman–Crippen MR) is 72.3 cm³/mol. The Kier molecular flexibility index (Phi) is 2.65. The molecule has 0 atom stereocenters. The highest BCUT2D eigenvalue weighted by atomic mass is 16.4. The Bertz CT molecular complexity index is 695. The number of rotatable bonds is 2. The maximum absolute atomic E-state index is 9.01. The van der Waals surface area contributed by atoms with E-state index in [0.717, 1.165) is 11.3 Å². The first kappa shape index (κ1) is 11.1. The minimum atomic E-state index is -0.0627. The van der Waals surface area contributed by atoms with Crippen molar-refractivity contribution in [2.45, 2.75) is 13.5 Å². The van der Waals surface area contributed by atoms with Gasteiger partial charge >= 0.3 is 0 Å². The molecule has 0 fully saturated rings. The molecule has 2 aromatic carbocycles. The van der Waals surface area contributed by atoms with Gasteiger partial charge in [-0.25, -0.2) is 0 Å². The molecule has 1 aromatic heterocycles. The molecule has 2 nitrogen and oxygen atoms in total. The van der Waals surface area contributed by atoms with Gasteiger partial charge in [0.1, 0.15) is 18.1 Å². The van der Waals surface area contributed by atoms with E-state index in [2.05, 4.69) is 37.3 Å². The monoisotopic (exact) mass is 238 g/mol. The molecular weight excluding hydrogens is 224 g/mol. The highest BCUT2D eigenvalue weighted by molar-refractivity contribution is 5.87. The molecule has 0 amide bonds. The first-order chi connectivity index (χ1) is 8.76. The number of fused-ring (bicyclic) bond motifs is 1.